The molecule has 2 aromatic rings. The summed E-state index contributed by atoms with van der Waals surface area (Å²) in [6.45, 7) is 5.52. The molecule has 6 nitrogen and oxygen atoms in total. The molecule has 1 aromatic carbocycles. The number of carbonyl (C=O) groups is 1. The first-order valence-corrected chi connectivity index (χ1v) is 16.3. The summed E-state index contributed by atoms with van der Waals surface area (Å²) >= 11 is 0. The maximum atomic E-state index is 15.2. The Bertz CT molecular complexity index is 1550. The Kier molecular flexibility index (Phi) is 7.66. The highest BCUT2D eigenvalue weighted by Crippen LogP contribution is 2.70. The number of piperazine rings is 1. The van der Waals surface area contributed by atoms with E-state index >= 15 is 8.78 Å². The molecule has 0 radical (unpaired) electrons. The van der Waals surface area contributed by atoms with Gasteiger partial charge in [-0.1, -0.05) is 36.8 Å². The standard InChI is InChI=1S/C35H39F5N4O2/c1-32-19-28(23-4-2-22(3-5-23)21-43-14-16-44(17-15-43)30-20-41-12-13-42-30)31-26-9-7-25(45)18-24(26)6-8-27(31)29(32)10-11-33(32,46)34(36,37)35(38,39)40/h2-5,12-13,18,20,27-29,46H,6-11,14-17,19,21H2,1H3/t27-,28+,29-,32-,33+/m0/s1. The quantitative estimate of drug-likeness (QED) is 0.370. The fraction of sp³-hybridized carbons (Fsp3) is 0.571. The van der Waals surface area contributed by atoms with Gasteiger partial charge in [0, 0.05) is 62.9 Å². The zero-order chi connectivity index (χ0) is 32.5. The second kappa shape index (κ2) is 11.2. The van der Waals surface area contributed by atoms with Crippen LogP contribution in [0.5, 0.6) is 0 Å². The number of hydrogen-bond acceptors (Lipinski definition) is 6. The third-order valence-electron chi connectivity index (χ3n) is 11.8. The lowest BCUT2D eigenvalue weighted by molar-refractivity contribution is -0.362. The maximum Gasteiger partial charge on any atom is 0.456 e. The van der Waals surface area contributed by atoms with Crippen LogP contribution in [-0.2, 0) is 11.3 Å². The third kappa shape index (κ3) is 4.91. The first kappa shape index (κ1) is 31.4. The van der Waals surface area contributed by atoms with Gasteiger partial charge in [0.2, 0.25) is 0 Å². The molecular weight excluding hydrogens is 603 g/mol. The van der Waals surface area contributed by atoms with Crippen molar-refractivity contribution in [1.82, 2.24) is 14.9 Å². The smallest absolute Gasteiger partial charge is 0.383 e. The zero-order valence-corrected chi connectivity index (χ0v) is 25.9. The zero-order valence-electron chi connectivity index (χ0n) is 25.9. The van der Waals surface area contributed by atoms with Crippen LogP contribution in [0.15, 0.2) is 65.7 Å². The highest BCUT2D eigenvalue weighted by molar-refractivity contribution is 5.93. The fourth-order valence-electron chi connectivity index (χ4n) is 9.42. The Hall–Kier alpha value is -3.18. The second-order valence-corrected chi connectivity index (χ2v) is 14.0. The molecule has 7 rings (SSSR count). The van der Waals surface area contributed by atoms with Crippen molar-refractivity contribution in [1.29, 1.82) is 0 Å². The van der Waals surface area contributed by atoms with Crippen LogP contribution in [0.25, 0.3) is 0 Å². The molecule has 246 valence electrons. The molecule has 5 atom stereocenters. The summed E-state index contributed by atoms with van der Waals surface area (Å²) < 4.78 is 72.0. The number of halogens is 5. The van der Waals surface area contributed by atoms with Crippen LogP contribution in [0, 0.1) is 17.3 Å². The topological polar surface area (TPSA) is 69.6 Å². The van der Waals surface area contributed by atoms with E-state index in [1.807, 2.05) is 24.3 Å². The normalized spacial score (nSPS) is 32.2. The Morgan fingerprint density at radius 3 is 2.39 bits per heavy atom. The van der Waals surface area contributed by atoms with Gasteiger partial charge in [0.15, 0.2) is 5.78 Å². The molecule has 0 bridgehead atoms. The molecule has 5 aliphatic rings. The molecule has 46 heavy (non-hydrogen) atoms. The van der Waals surface area contributed by atoms with E-state index in [9.17, 15) is 23.1 Å². The summed E-state index contributed by atoms with van der Waals surface area (Å²) in [4.78, 5) is 25.4. The number of benzene rings is 1. The summed E-state index contributed by atoms with van der Waals surface area (Å²) in [5.74, 6) is -5.49. The highest BCUT2D eigenvalue weighted by Gasteiger charge is 2.79. The minimum absolute atomic E-state index is 0.0138. The number of ketones is 1. The monoisotopic (exact) mass is 642 g/mol. The summed E-state index contributed by atoms with van der Waals surface area (Å²) in [6.07, 6.45) is 2.50. The van der Waals surface area contributed by atoms with Gasteiger partial charge >= 0.3 is 12.1 Å². The molecule has 0 amide bonds. The fourth-order valence-corrected chi connectivity index (χ4v) is 9.42. The first-order valence-electron chi connectivity index (χ1n) is 16.3. The molecule has 1 N–H and O–H groups in total. The number of allylic oxidation sites excluding steroid dienone is 4. The van der Waals surface area contributed by atoms with E-state index in [1.165, 1.54) is 6.92 Å². The second-order valence-electron chi connectivity index (χ2n) is 14.0. The number of nitrogens with zero attached hydrogens (tertiary/aromatic N) is 4. The Labute approximate surface area is 265 Å². The Morgan fingerprint density at radius 1 is 0.978 bits per heavy atom. The number of alkyl halides is 5. The van der Waals surface area contributed by atoms with Gasteiger partial charge in [-0.2, -0.15) is 22.0 Å². The first-order chi connectivity index (χ1) is 21.8. The van der Waals surface area contributed by atoms with Crippen LogP contribution in [-0.4, -0.2) is 69.6 Å². The number of aromatic nitrogens is 2. The summed E-state index contributed by atoms with van der Waals surface area (Å²) in [5, 5.41) is 11.5. The van der Waals surface area contributed by atoms with Gasteiger partial charge < -0.3 is 10.0 Å². The van der Waals surface area contributed by atoms with Crippen molar-refractivity contribution in [2.24, 2.45) is 17.3 Å². The van der Waals surface area contributed by atoms with Crippen LogP contribution in [0.1, 0.15) is 68.9 Å². The van der Waals surface area contributed by atoms with Crippen molar-refractivity contribution in [3.05, 3.63) is 76.8 Å². The average molecular weight is 643 g/mol. The van der Waals surface area contributed by atoms with Crippen LogP contribution < -0.4 is 4.90 Å². The average Bonchev–Trinajstić information content (AvgIpc) is 3.32. The number of carbonyl (C=O) groups excluding carboxylic acids is 1. The van der Waals surface area contributed by atoms with Crippen molar-refractivity contribution < 1.29 is 31.9 Å². The van der Waals surface area contributed by atoms with Crippen molar-refractivity contribution in [2.45, 2.75) is 82.0 Å². The minimum Gasteiger partial charge on any atom is -0.383 e. The number of aliphatic hydroxyl groups is 1. The van der Waals surface area contributed by atoms with Crippen molar-refractivity contribution in [3.63, 3.8) is 0 Å². The predicted molar refractivity (Wildman–Crippen MR) is 162 cm³/mol. The maximum absolute atomic E-state index is 15.2. The van der Waals surface area contributed by atoms with E-state index in [2.05, 4.69) is 19.8 Å². The number of rotatable bonds is 5. The van der Waals surface area contributed by atoms with E-state index in [0.717, 1.165) is 66.4 Å². The summed E-state index contributed by atoms with van der Waals surface area (Å²) in [6, 6.07) is 8.00. The van der Waals surface area contributed by atoms with Gasteiger partial charge in [-0.15, -0.1) is 0 Å². The lowest BCUT2D eigenvalue weighted by Crippen LogP contribution is -2.65. The molecule has 1 saturated heterocycles. The lowest BCUT2D eigenvalue weighted by Gasteiger charge is -2.56. The molecular formula is C35H39F5N4O2. The van der Waals surface area contributed by atoms with Crippen LogP contribution in [0.3, 0.4) is 0 Å². The lowest BCUT2D eigenvalue weighted by atomic mass is 9.50. The van der Waals surface area contributed by atoms with Crippen molar-refractivity contribution in [2.75, 3.05) is 31.1 Å². The van der Waals surface area contributed by atoms with Gasteiger partial charge in [0.25, 0.3) is 0 Å². The molecule has 0 unspecified atom stereocenters. The molecule has 2 saturated carbocycles. The molecule has 11 heteroatoms. The van der Waals surface area contributed by atoms with Crippen LogP contribution in [0.4, 0.5) is 27.8 Å². The van der Waals surface area contributed by atoms with Crippen LogP contribution in [0.2, 0.25) is 0 Å². The predicted octanol–water partition coefficient (Wildman–Crippen LogP) is 6.63. The van der Waals surface area contributed by atoms with E-state index < -0.39 is 41.4 Å². The molecule has 4 aliphatic carbocycles. The molecule has 3 fully saturated rings. The van der Waals surface area contributed by atoms with Crippen molar-refractivity contribution >= 4 is 11.6 Å². The largest absolute Gasteiger partial charge is 0.456 e. The van der Waals surface area contributed by atoms with Gasteiger partial charge in [-0.05, 0) is 78.7 Å². The van der Waals surface area contributed by atoms with Crippen LogP contribution >= 0.6 is 0 Å². The van der Waals surface area contributed by atoms with Gasteiger partial charge in [0.1, 0.15) is 11.4 Å². The number of anilines is 1. The van der Waals surface area contributed by atoms with E-state index in [4.69, 9.17) is 0 Å². The molecule has 2 heterocycles. The van der Waals surface area contributed by atoms with Gasteiger partial charge in [0.05, 0.1) is 6.20 Å². The highest BCUT2D eigenvalue weighted by atomic mass is 19.4. The van der Waals surface area contributed by atoms with Crippen molar-refractivity contribution in [3.8, 4) is 0 Å². The Balaban J connectivity index is 1.19. The summed E-state index contributed by atoms with van der Waals surface area (Å²) in [5.41, 5.74) is 0.209. The SMILES string of the molecule is C[C@]12C[C@H](c3ccc(CN4CCN(c5cnccn5)CC4)cc3)C3=C4CCC(=O)C=C4CC[C@H]3[C@@H]1CC[C@]2(O)C(F)(F)C(F)(F)F. The molecule has 1 aliphatic heterocycles. The number of hydrogen-bond donors (Lipinski definition) is 1. The molecule has 1 aromatic heterocycles. The summed E-state index contributed by atoms with van der Waals surface area (Å²) in [7, 11) is 0. The van der Waals surface area contributed by atoms with Gasteiger partial charge in [-0.25, -0.2) is 4.98 Å². The van der Waals surface area contributed by atoms with E-state index in [1.54, 1.807) is 24.7 Å². The minimum atomic E-state index is -5.86. The van der Waals surface area contributed by atoms with E-state index in [0.29, 0.717) is 25.7 Å². The molecule has 0 spiro atoms. The van der Waals surface area contributed by atoms with Gasteiger partial charge in [-0.3, -0.25) is 14.7 Å². The number of fused-ring (bicyclic) bond motifs is 4. The van der Waals surface area contributed by atoms with E-state index in [-0.39, 0.29) is 24.5 Å². The Morgan fingerprint density at radius 2 is 1.72 bits per heavy atom. The third-order valence-corrected chi connectivity index (χ3v) is 11.8.